The Balaban J connectivity index is 2.05. The summed E-state index contributed by atoms with van der Waals surface area (Å²) in [5.41, 5.74) is 1.37. The molecular weight excluding hydrogens is 400 g/mol. The molecule has 7 nitrogen and oxygen atoms in total. The number of hydrogen-bond donors (Lipinski definition) is 2. The second-order valence-corrected chi connectivity index (χ2v) is 8.97. The maximum absolute atomic E-state index is 12.4. The molecule has 0 saturated heterocycles. The topological polar surface area (TPSA) is 116 Å². The van der Waals surface area contributed by atoms with Crippen molar-refractivity contribution in [2.24, 2.45) is 5.14 Å². The molecule has 1 aromatic carbocycles. The molecule has 1 amide bonds. The molecule has 0 fully saturated rings. The van der Waals surface area contributed by atoms with E-state index in [2.05, 4.69) is 12.2 Å². The first-order valence-electron chi connectivity index (χ1n) is 8.92. The Bertz CT molecular complexity index is 966. The van der Waals surface area contributed by atoms with Gasteiger partial charge in [0.1, 0.15) is 4.88 Å². The van der Waals surface area contributed by atoms with Gasteiger partial charge in [-0.25, -0.2) is 18.4 Å². The number of benzene rings is 1. The van der Waals surface area contributed by atoms with Crippen molar-refractivity contribution in [1.29, 1.82) is 0 Å². The number of nitrogens with one attached hydrogen (secondary N) is 1. The minimum atomic E-state index is -3.88. The zero-order chi connectivity index (χ0) is 20.9. The molecule has 0 aliphatic heterocycles. The minimum absolute atomic E-state index is 0.121. The molecular formula is C19H24N2O5S2. The highest BCUT2D eigenvalue weighted by molar-refractivity contribution is 7.89. The highest BCUT2D eigenvalue weighted by Gasteiger charge is 2.22. The van der Waals surface area contributed by atoms with Gasteiger partial charge in [0.25, 0.3) is 5.91 Å². The Morgan fingerprint density at radius 3 is 2.57 bits per heavy atom. The van der Waals surface area contributed by atoms with Gasteiger partial charge in [0.15, 0.2) is 6.10 Å². The predicted molar refractivity (Wildman–Crippen MR) is 109 cm³/mol. The maximum atomic E-state index is 12.4. The van der Waals surface area contributed by atoms with Crippen LogP contribution in [-0.2, 0) is 32.4 Å². The van der Waals surface area contributed by atoms with Crippen molar-refractivity contribution in [3.8, 4) is 0 Å². The number of carbonyl (C=O) groups excluding carboxylic acids is 2. The lowest BCUT2D eigenvalue weighted by Gasteiger charge is -2.13. The number of hydrogen-bond acceptors (Lipinski definition) is 6. The van der Waals surface area contributed by atoms with E-state index in [1.54, 1.807) is 0 Å². The summed E-state index contributed by atoms with van der Waals surface area (Å²) in [6, 6.07) is 7.36. The molecule has 0 aliphatic rings. The molecule has 28 heavy (non-hydrogen) atoms. The summed E-state index contributed by atoms with van der Waals surface area (Å²) < 4.78 is 28.1. The molecule has 0 aliphatic carbocycles. The highest BCUT2D eigenvalue weighted by Crippen LogP contribution is 2.25. The van der Waals surface area contributed by atoms with Gasteiger partial charge >= 0.3 is 5.97 Å². The van der Waals surface area contributed by atoms with Crippen LogP contribution in [0.15, 0.2) is 35.2 Å². The summed E-state index contributed by atoms with van der Waals surface area (Å²) in [5, 5.41) is 7.61. The zero-order valence-electron chi connectivity index (χ0n) is 16.0. The van der Waals surface area contributed by atoms with Crippen LogP contribution in [0.3, 0.4) is 0 Å². The van der Waals surface area contributed by atoms with E-state index in [9.17, 15) is 18.0 Å². The largest absolute Gasteiger partial charge is 0.448 e. The fourth-order valence-electron chi connectivity index (χ4n) is 2.57. The van der Waals surface area contributed by atoms with Gasteiger partial charge in [-0.05, 0) is 49.6 Å². The van der Waals surface area contributed by atoms with Crippen LogP contribution < -0.4 is 10.5 Å². The van der Waals surface area contributed by atoms with E-state index in [0.29, 0.717) is 4.88 Å². The van der Waals surface area contributed by atoms with Gasteiger partial charge in [-0.15, -0.1) is 11.3 Å². The molecule has 0 spiro atoms. The number of anilines is 1. The van der Waals surface area contributed by atoms with E-state index < -0.39 is 28.0 Å². The fourth-order valence-corrected chi connectivity index (χ4v) is 4.37. The first kappa shape index (κ1) is 22.1. The number of amides is 1. The second-order valence-electron chi connectivity index (χ2n) is 6.27. The molecule has 9 heteroatoms. The van der Waals surface area contributed by atoms with Crippen molar-refractivity contribution in [1.82, 2.24) is 0 Å². The summed E-state index contributed by atoms with van der Waals surface area (Å²) >= 11 is 1.39. The molecule has 1 unspecified atom stereocenters. The highest BCUT2D eigenvalue weighted by atomic mass is 32.2. The number of thiophene rings is 1. The van der Waals surface area contributed by atoms with Crippen molar-refractivity contribution in [3.63, 3.8) is 0 Å². The molecule has 2 aromatic rings. The lowest BCUT2D eigenvalue weighted by molar-refractivity contribution is -0.123. The van der Waals surface area contributed by atoms with Crippen LogP contribution in [0.5, 0.6) is 0 Å². The van der Waals surface area contributed by atoms with Crippen molar-refractivity contribution < 1.29 is 22.7 Å². The van der Waals surface area contributed by atoms with E-state index in [1.807, 2.05) is 13.0 Å². The van der Waals surface area contributed by atoms with E-state index >= 15 is 0 Å². The number of esters is 1. The average Bonchev–Trinajstić information content (AvgIpc) is 3.04. The number of nitrogens with two attached hydrogens (primary N) is 1. The van der Waals surface area contributed by atoms with Crippen LogP contribution in [0.2, 0.25) is 0 Å². The number of sulfonamides is 1. The summed E-state index contributed by atoms with van der Waals surface area (Å²) in [6.07, 6.45) is 1.67. The lowest BCUT2D eigenvalue weighted by Crippen LogP contribution is -2.29. The molecule has 2 rings (SSSR count). The molecule has 0 saturated carbocycles. The summed E-state index contributed by atoms with van der Waals surface area (Å²) in [7, 11) is -3.88. The predicted octanol–water partition coefficient (Wildman–Crippen LogP) is 3.09. The monoisotopic (exact) mass is 424 g/mol. The van der Waals surface area contributed by atoms with Crippen LogP contribution in [0.4, 0.5) is 5.69 Å². The van der Waals surface area contributed by atoms with Gasteiger partial charge < -0.3 is 10.1 Å². The third-order valence-corrected chi connectivity index (χ3v) is 6.17. The summed E-state index contributed by atoms with van der Waals surface area (Å²) in [6.45, 7) is 5.56. The standard InChI is InChI=1S/C19H24N2O5S2/c1-4-7-16-13(5-2)10-17(27-16)19(23)26-12(3)18(22)21-14-8-6-9-15(11-14)28(20,24)25/h6,8-12H,4-5,7H2,1-3H3,(H,21,22)(H2,20,24,25). The molecule has 3 N–H and O–H groups in total. The third-order valence-electron chi connectivity index (χ3n) is 4.04. The Kier molecular flexibility index (Phi) is 7.34. The van der Waals surface area contributed by atoms with E-state index in [1.165, 1.54) is 42.5 Å². The van der Waals surface area contributed by atoms with Crippen LogP contribution in [0, 0.1) is 0 Å². The number of carbonyl (C=O) groups is 2. The minimum Gasteiger partial charge on any atom is -0.448 e. The molecule has 0 radical (unpaired) electrons. The van der Waals surface area contributed by atoms with Crippen LogP contribution in [0.25, 0.3) is 0 Å². The van der Waals surface area contributed by atoms with Crippen molar-refractivity contribution in [2.75, 3.05) is 5.32 Å². The number of primary sulfonamides is 1. The van der Waals surface area contributed by atoms with Crippen molar-refractivity contribution in [3.05, 3.63) is 45.6 Å². The Labute approximate surface area is 169 Å². The van der Waals surface area contributed by atoms with Gasteiger partial charge in [-0.3, -0.25) is 4.79 Å². The van der Waals surface area contributed by atoms with Crippen molar-refractivity contribution in [2.45, 2.75) is 51.0 Å². The van der Waals surface area contributed by atoms with Crippen LogP contribution in [-0.4, -0.2) is 26.4 Å². The van der Waals surface area contributed by atoms with E-state index in [-0.39, 0.29) is 10.6 Å². The van der Waals surface area contributed by atoms with Crippen LogP contribution in [0.1, 0.15) is 47.3 Å². The Morgan fingerprint density at radius 2 is 1.96 bits per heavy atom. The third kappa shape index (κ3) is 5.63. The van der Waals surface area contributed by atoms with Crippen LogP contribution >= 0.6 is 11.3 Å². The quantitative estimate of drug-likeness (QED) is 0.632. The average molecular weight is 425 g/mol. The van der Waals surface area contributed by atoms with E-state index in [0.717, 1.165) is 29.7 Å². The maximum Gasteiger partial charge on any atom is 0.349 e. The summed E-state index contributed by atoms with van der Waals surface area (Å²) in [5.74, 6) is -1.12. The first-order chi connectivity index (χ1) is 13.2. The number of rotatable bonds is 8. The molecule has 152 valence electrons. The van der Waals surface area contributed by atoms with Gasteiger partial charge in [-0.1, -0.05) is 26.3 Å². The second kappa shape index (κ2) is 9.31. The van der Waals surface area contributed by atoms with Gasteiger partial charge in [0.05, 0.1) is 4.90 Å². The van der Waals surface area contributed by atoms with Crippen molar-refractivity contribution >= 4 is 38.9 Å². The lowest BCUT2D eigenvalue weighted by atomic mass is 10.1. The molecule has 1 atom stereocenters. The molecule has 0 bridgehead atoms. The normalized spacial score (nSPS) is 12.4. The Hall–Kier alpha value is -2.23. The SMILES string of the molecule is CCCc1sc(C(=O)OC(C)C(=O)Nc2cccc(S(N)(=O)=O)c2)cc1CC. The number of ether oxygens (including phenoxy) is 1. The molecule has 1 heterocycles. The van der Waals surface area contributed by atoms with Gasteiger partial charge in [-0.2, -0.15) is 0 Å². The fraction of sp³-hybridized carbons (Fsp3) is 0.368. The van der Waals surface area contributed by atoms with Gasteiger partial charge in [0.2, 0.25) is 10.0 Å². The van der Waals surface area contributed by atoms with E-state index in [4.69, 9.17) is 9.88 Å². The smallest absolute Gasteiger partial charge is 0.349 e. The zero-order valence-corrected chi connectivity index (χ0v) is 17.7. The molecule has 1 aromatic heterocycles. The number of aryl methyl sites for hydroxylation is 2. The summed E-state index contributed by atoms with van der Waals surface area (Å²) in [4.78, 5) is 26.2. The van der Waals surface area contributed by atoms with Gasteiger partial charge in [0, 0.05) is 10.6 Å². The first-order valence-corrected chi connectivity index (χ1v) is 11.3. The Morgan fingerprint density at radius 1 is 1.25 bits per heavy atom.